The molecule has 1 aliphatic rings. The van der Waals surface area contributed by atoms with E-state index in [9.17, 15) is 0 Å². The van der Waals surface area contributed by atoms with E-state index in [0.29, 0.717) is 5.92 Å². The Kier molecular flexibility index (Phi) is 4.71. The maximum atomic E-state index is 4.46. The average molecular weight is 283 g/mol. The Morgan fingerprint density at radius 1 is 1.24 bits per heavy atom. The third-order valence-electron chi connectivity index (χ3n) is 4.20. The van der Waals surface area contributed by atoms with Crippen molar-refractivity contribution in [3.05, 3.63) is 53.9 Å². The predicted molar refractivity (Wildman–Crippen MR) is 86.4 cm³/mol. The lowest BCUT2D eigenvalue weighted by atomic mass is 9.94. The molecule has 1 saturated carbocycles. The molecule has 0 radical (unpaired) electrons. The van der Waals surface area contributed by atoms with E-state index in [1.165, 1.54) is 24.1 Å². The van der Waals surface area contributed by atoms with E-state index in [1.54, 1.807) is 0 Å². The van der Waals surface area contributed by atoms with Crippen LogP contribution in [0.5, 0.6) is 0 Å². The molecule has 3 heteroatoms. The van der Waals surface area contributed by atoms with Crippen LogP contribution in [-0.2, 0) is 13.0 Å². The first-order chi connectivity index (χ1) is 10.4. The van der Waals surface area contributed by atoms with Crippen molar-refractivity contribution in [1.29, 1.82) is 0 Å². The zero-order chi connectivity index (χ0) is 14.5. The second kappa shape index (κ2) is 6.90. The first kappa shape index (κ1) is 14.3. The molecular weight excluding hydrogens is 258 g/mol. The number of hydrogen-bond donors (Lipinski definition) is 1. The Balaban J connectivity index is 1.72. The van der Waals surface area contributed by atoms with Crippen molar-refractivity contribution in [3.8, 4) is 0 Å². The van der Waals surface area contributed by atoms with Crippen LogP contribution in [0.25, 0.3) is 0 Å². The van der Waals surface area contributed by atoms with Crippen molar-refractivity contribution in [2.24, 2.45) is 0 Å². The summed E-state index contributed by atoms with van der Waals surface area (Å²) in [6.07, 6.45) is 6.81. The van der Waals surface area contributed by atoms with E-state index in [1.807, 2.05) is 6.20 Å². The van der Waals surface area contributed by atoms with Gasteiger partial charge in [0.1, 0.15) is 0 Å². The SMILES string of the molecule is CCCn1nccc1CC(CNC1CC1)c1ccccc1. The number of rotatable bonds is 8. The third kappa shape index (κ3) is 3.94. The molecule has 1 aromatic heterocycles. The molecule has 0 saturated heterocycles. The molecule has 21 heavy (non-hydrogen) atoms. The molecule has 0 amide bonds. The van der Waals surface area contributed by atoms with Gasteiger partial charge in [-0.2, -0.15) is 5.10 Å². The van der Waals surface area contributed by atoms with Crippen LogP contribution in [0.15, 0.2) is 42.6 Å². The summed E-state index contributed by atoms with van der Waals surface area (Å²) in [5.74, 6) is 0.527. The molecule has 1 atom stereocenters. The molecule has 0 spiro atoms. The van der Waals surface area contributed by atoms with Crippen LogP contribution in [0, 0.1) is 0 Å². The lowest BCUT2D eigenvalue weighted by Gasteiger charge is -2.19. The summed E-state index contributed by atoms with van der Waals surface area (Å²) in [5.41, 5.74) is 2.78. The van der Waals surface area contributed by atoms with Crippen LogP contribution in [0.2, 0.25) is 0 Å². The van der Waals surface area contributed by atoms with Crippen molar-refractivity contribution < 1.29 is 0 Å². The fraction of sp³-hybridized carbons (Fsp3) is 0.500. The Morgan fingerprint density at radius 3 is 2.76 bits per heavy atom. The van der Waals surface area contributed by atoms with Gasteiger partial charge in [-0.1, -0.05) is 37.3 Å². The first-order valence-electron chi connectivity index (χ1n) is 8.16. The molecule has 112 valence electrons. The summed E-state index contributed by atoms with van der Waals surface area (Å²) in [6, 6.07) is 13.8. The number of aromatic nitrogens is 2. The van der Waals surface area contributed by atoms with Gasteiger partial charge in [0.25, 0.3) is 0 Å². The lowest BCUT2D eigenvalue weighted by Crippen LogP contribution is -2.25. The zero-order valence-corrected chi connectivity index (χ0v) is 12.8. The minimum absolute atomic E-state index is 0.527. The number of hydrogen-bond acceptors (Lipinski definition) is 2. The fourth-order valence-corrected chi connectivity index (χ4v) is 2.83. The molecule has 0 bridgehead atoms. The molecule has 1 aliphatic carbocycles. The number of benzene rings is 1. The maximum absolute atomic E-state index is 4.46. The Hall–Kier alpha value is -1.61. The van der Waals surface area contributed by atoms with Crippen molar-refractivity contribution in [3.63, 3.8) is 0 Å². The smallest absolute Gasteiger partial charge is 0.0492 e. The quantitative estimate of drug-likeness (QED) is 0.805. The van der Waals surface area contributed by atoms with Gasteiger partial charge in [0, 0.05) is 36.9 Å². The van der Waals surface area contributed by atoms with Crippen molar-refractivity contribution in [2.45, 2.75) is 51.1 Å². The summed E-state index contributed by atoms with van der Waals surface area (Å²) in [5, 5.41) is 8.15. The third-order valence-corrected chi connectivity index (χ3v) is 4.20. The van der Waals surface area contributed by atoms with Crippen molar-refractivity contribution in [1.82, 2.24) is 15.1 Å². The molecule has 1 N–H and O–H groups in total. The summed E-state index contributed by atoms with van der Waals surface area (Å²) < 4.78 is 2.16. The van der Waals surface area contributed by atoms with Crippen LogP contribution in [0.3, 0.4) is 0 Å². The average Bonchev–Trinajstić information content (AvgIpc) is 3.25. The predicted octanol–water partition coefficient (Wildman–Crippen LogP) is 3.37. The van der Waals surface area contributed by atoms with Gasteiger partial charge < -0.3 is 5.32 Å². The molecule has 1 unspecified atom stereocenters. The fourth-order valence-electron chi connectivity index (χ4n) is 2.83. The minimum atomic E-state index is 0.527. The Bertz CT molecular complexity index is 543. The number of nitrogens with zero attached hydrogens (tertiary/aromatic N) is 2. The molecule has 2 aromatic rings. The van der Waals surface area contributed by atoms with E-state index in [2.05, 4.69) is 58.4 Å². The van der Waals surface area contributed by atoms with E-state index in [0.717, 1.165) is 32.0 Å². The highest BCUT2D eigenvalue weighted by Gasteiger charge is 2.23. The second-order valence-corrected chi connectivity index (χ2v) is 6.04. The normalized spacial score (nSPS) is 16.0. The van der Waals surface area contributed by atoms with E-state index < -0.39 is 0 Å². The molecule has 3 rings (SSSR count). The maximum Gasteiger partial charge on any atom is 0.0492 e. The van der Waals surface area contributed by atoms with Gasteiger partial charge in [-0.3, -0.25) is 4.68 Å². The highest BCUT2D eigenvalue weighted by molar-refractivity contribution is 5.22. The summed E-state index contributed by atoms with van der Waals surface area (Å²) >= 11 is 0. The molecule has 3 nitrogen and oxygen atoms in total. The molecule has 1 aromatic carbocycles. The Morgan fingerprint density at radius 2 is 2.05 bits per heavy atom. The lowest BCUT2D eigenvalue weighted by molar-refractivity contribution is 0.527. The van der Waals surface area contributed by atoms with E-state index >= 15 is 0 Å². The standard InChI is InChI=1S/C18H25N3/c1-2-12-21-18(10-11-20-21)13-16(14-19-17-8-9-17)15-6-4-3-5-7-15/h3-7,10-11,16-17,19H,2,8-9,12-14H2,1H3. The highest BCUT2D eigenvalue weighted by Crippen LogP contribution is 2.24. The van der Waals surface area contributed by atoms with Gasteiger partial charge in [0.15, 0.2) is 0 Å². The van der Waals surface area contributed by atoms with Gasteiger partial charge in [-0.05, 0) is 37.3 Å². The van der Waals surface area contributed by atoms with Crippen molar-refractivity contribution >= 4 is 0 Å². The minimum Gasteiger partial charge on any atom is -0.313 e. The first-order valence-corrected chi connectivity index (χ1v) is 8.16. The van der Waals surface area contributed by atoms with Gasteiger partial charge in [-0.25, -0.2) is 0 Å². The molecule has 0 aliphatic heterocycles. The van der Waals surface area contributed by atoms with Gasteiger partial charge >= 0.3 is 0 Å². The van der Waals surface area contributed by atoms with Gasteiger partial charge in [0.2, 0.25) is 0 Å². The molecule has 1 fully saturated rings. The molecular formula is C18H25N3. The summed E-state index contributed by atoms with van der Waals surface area (Å²) in [4.78, 5) is 0. The van der Waals surface area contributed by atoms with Crippen LogP contribution >= 0.6 is 0 Å². The van der Waals surface area contributed by atoms with Gasteiger partial charge in [-0.15, -0.1) is 0 Å². The summed E-state index contributed by atoms with van der Waals surface area (Å²) in [7, 11) is 0. The van der Waals surface area contributed by atoms with Crippen LogP contribution in [-0.4, -0.2) is 22.4 Å². The second-order valence-electron chi connectivity index (χ2n) is 6.04. The van der Waals surface area contributed by atoms with Crippen molar-refractivity contribution in [2.75, 3.05) is 6.54 Å². The number of aryl methyl sites for hydroxylation is 1. The van der Waals surface area contributed by atoms with Crippen LogP contribution < -0.4 is 5.32 Å². The Labute approximate surface area is 127 Å². The monoisotopic (exact) mass is 283 g/mol. The summed E-state index contributed by atoms with van der Waals surface area (Å²) in [6.45, 7) is 4.28. The largest absolute Gasteiger partial charge is 0.313 e. The van der Waals surface area contributed by atoms with E-state index in [-0.39, 0.29) is 0 Å². The van der Waals surface area contributed by atoms with Gasteiger partial charge in [0.05, 0.1) is 0 Å². The van der Waals surface area contributed by atoms with Crippen LogP contribution in [0.4, 0.5) is 0 Å². The number of nitrogens with one attached hydrogen (secondary N) is 1. The zero-order valence-electron chi connectivity index (χ0n) is 12.8. The topological polar surface area (TPSA) is 29.9 Å². The molecule has 1 heterocycles. The van der Waals surface area contributed by atoms with E-state index in [4.69, 9.17) is 0 Å². The highest BCUT2D eigenvalue weighted by atomic mass is 15.3. The van der Waals surface area contributed by atoms with Crippen LogP contribution in [0.1, 0.15) is 43.4 Å².